The quantitative estimate of drug-likeness (QED) is 0.239. The first kappa shape index (κ1) is 35.7. The number of rotatable bonds is 12. The van der Waals surface area contributed by atoms with Gasteiger partial charge in [0, 0.05) is 43.7 Å². The Morgan fingerprint density at radius 1 is 1.11 bits per heavy atom. The van der Waals surface area contributed by atoms with E-state index in [1.807, 2.05) is 21.0 Å². The first-order valence-corrected chi connectivity index (χ1v) is 16.9. The van der Waals surface area contributed by atoms with E-state index in [9.17, 15) is 23.2 Å². The van der Waals surface area contributed by atoms with Gasteiger partial charge in [0.2, 0.25) is 5.91 Å². The summed E-state index contributed by atoms with van der Waals surface area (Å²) in [7, 11) is 3.98. The molecule has 0 aromatic heterocycles. The highest BCUT2D eigenvalue weighted by atomic mass is 35.5. The Labute approximate surface area is 265 Å². The third kappa shape index (κ3) is 9.66. The Kier molecular flexibility index (Phi) is 13.4. The van der Waals surface area contributed by atoms with Gasteiger partial charge in [-0.3, -0.25) is 4.79 Å². The van der Waals surface area contributed by atoms with E-state index >= 15 is 0 Å². The Bertz CT molecular complexity index is 956. The SMILES string of the molecule is CCOC1CC2NCC(C#N)C(NC3CCC(OCC4NCCCC4C(F)(F)F)CC3Cl)C2CC1NC(=O)CCCN(C)C. The van der Waals surface area contributed by atoms with Crippen molar-refractivity contribution in [3.05, 3.63) is 0 Å². The van der Waals surface area contributed by atoms with Crippen LogP contribution in [0.2, 0.25) is 0 Å². The van der Waals surface area contributed by atoms with Crippen LogP contribution >= 0.6 is 11.6 Å². The summed E-state index contributed by atoms with van der Waals surface area (Å²) in [5.41, 5.74) is 0. The minimum absolute atomic E-state index is 0.0222. The predicted molar refractivity (Wildman–Crippen MR) is 163 cm³/mol. The van der Waals surface area contributed by atoms with Crippen molar-refractivity contribution in [3.63, 3.8) is 0 Å². The molecule has 2 saturated carbocycles. The summed E-state index contributed by atoms with van der Waals surface area (Å²) in [5, 5.41) is 23.4. The number of ether oxygens (including phenoxy) is 2. The Morgan fingerprint density at radius 2 is 1.91 bits per heavy atom. The number of carbonyl (C=O) groups is 1. The van der Waals surface area contributed by atoms with Gasteiger partial charge >= 0.3 is 6.18 Å². The van der Waals surface area contributed by atoms with Gasteiger partial charge in [-0.1, -0.05) is 0 Å². The molecule has 9 nitrogen and oxygen atoms in total. The van der Waals surface area contributed by atoms with Crippen molar-refractivity contribution in [2.75, 3.05) is 46.9 Å². The molecule has 11 atom stereocenters. The molecule has 2 aliphatic heterocycles. The van der Waals surface area contributed by atoms with Crippen LogP contribution in [-0.4, -0.2) is 112 Å². The number of nitrogens with one attached hydrogen (secondary N) is 4. The fourth-order valence-electron chi connectivity index (χ4n) is 7.71. The zero-order valence-electron chi connectivity index (χ0n) is 26.4. The van der Waals surface area contributed by atoms with Gasteiger partial charge in [-0.05, 0) is 91.4 Å². The van der Waals surface area contributed by atoms with Crippen LogP contribution in [0.4, 0.5) is 13.2 Å². The van der Waals surface area contributed by atoms with E-state index in [1.165, 1.54) is 0 Å². The zero-order valence-corrected chi connectivity index (χ0v) is 27.1. The van der Waals surface area contributed by atoms with Crippen LogP contribution in [0.25, 0.3) is 0 Å². The summed E-state index contributed by atoms with van der Waals surface area (Å²) in [6.45, 7) is 4.53. The third-order valence-corrected chi connectivity index (χ3v) is 10.5. The van der Waals surface area contributed by atoms with E-state index in [-0.39, 0.29) is 72.5 Å². The van der Waals surface area contributed by atoms with Crippen molar-refractivity contribution >= 4 is 17.5 Å². The minimum Gasteiger partial charge on any atom is -0.377 e. The maximum atomic E-state index is 13.5. The standard InChI is InChI=1S/C31H52ClF3N6O3/c1-4-43-28-15-25-21(14-26(28)39-29(42)8-6-12-41(2)3)30(19(16-36)17-38-25)40-24-10-9-20(13-23(24)32)44-18-27-22(31(33,34)35)7-5-11-37-27/h19-28,30,37-38,40H,4-15,17-18H2,1-3H3,(H,39,42). The highest BCUT2D eigenvalue weighted by Gasteiger charge is 2.48. The molecule has 0 aromatic rings. The van der Waals surface area contributed by atoms with Crippen molar-refractivity contribution in [2.24, 2.45) is 17.8 Å². The minimum atomic E-state index is -4.24. The number of alkyl halides is 4. The van der Waals surface area contributed by atoms with E-state index in [0.717, 1.165) is 19.4 Å². The summed E-state index contributed by atoms with van der Waals surface area (Å²) in [6, 6.07) is 1.61. The summed E-state index contributed by atoms with van der Waals surface area (Å²) in [4.78, 5) is 14.9. The number of hydrogen-bond acceptors (Lipinski definition) is 8. The monoisotopic (exact) mass is 648 g/mol. The molecule has 44 heavy (non-hydrogen) atoms. The van der Waals surface area contributed by atoms with Crippen LogP contribution in [0.3, 0.4) is 0 Å². The topological polar surface area (TPSA) is 111 Å². The van der Waals surface area contributed by atoms with Crippen molar-refractivity contribution in [3.8, 4) is 6.07 Å². The molecule has 2 heterocycles. The van der Waals surface area contributed by atoms with E-state index in [1.54, 1.807) is 0 Å². The molecule has 4 N–H and O–H groups in total. The molecule has 4 aliphatic rings. The van der Waals surface area contributed by atoms with Crippen molar-refractivity contribution < 1.29 is 27.4 Å². The molecule has 252 valence electrons. The van der Waals surface area contributed by atoms with Crippen LogP contribution in [0.15, 0.2) is 0 Å². The number of nitriles is 1. The molecule has 13 heteroatoms. The third-order valence-electron chi connectivity index (χ3n) is 10.0. The van der Waals surface area contributed by atoms with Gasteiger partial charge < -0.3 is 35.6 Å². The average Bonchev–Trinajstić information content (AvgIpc) is 2.97. The zero-order chi connectivity index (χ0) is 31.9. The Hall–Kier alpha value is -1.20. The lowest BCUT2D eigenvalue weighted by atomic mass is 9.69. The normalized spacial score (nSPS) is 38.1. The molecule has 0 spiro atoms. The van der Waals surface area contributed by atoms with Gasteiger partial charge in [-0.15, -0.1) is 11.6 Å². The van der Waals surface area contributed by atoms with Crippen LogP contribution in [0.1, 0.15) is 64.7 Å². The molecule has 4 rings (SSSR count). The van der Waals surface area contributed by atoms with Gasteiger partial charge in [-0.2, -0.15) is 18.4 Å². The molecule has 1 amide bonds. The summed E-state index contributed by atoms with van der Waals surface area (Å²) >= 11 is 6.90. The molecule has 0 radical (unpaired) electrons. The van der Waals surface area contributed by atoms with Gasteiger partial charge in [0.15, 0.2) is 0 Å². The Balaban J connectivity index is 1.35. The summed E-state index contributed by atoms with van der Waals surface area (Å²) < 4.78 is 52.7. The predicted octanol–water partition coefficient (Wildman–Crippen LogP) is 3.17. The number of amides is 1. The summed E-state index contributed by atoms with van der Waals surface area (Å²) in [6.07, 6.45) is 0.722. The van der Waals surface area contributed by atoms with Crippen LogP contribution in [-0.2, 0) is 14.3 Å². The molecule has 0 aromatic carbocycles. The second-order valence-electron chi connectivity index (χ2n) is 13.4. The van der Waals surface area contributed by atoms with Gasteiger partial charge in [0.05, 0.1) is 48.1 Å². The number of nitrogens with zero attached hydrogens (tertiary/aromatic N) is 2. The van der Waals surface area contributed by atoms with Crippen molar-refractivity contribution in [1.82, 2.24) is 26.2 Å². The molecule has 2 aliphatic carbocycles. The van der Waals surface area contributed by atoms with Gasteiger partial charge in [-0.25, -0.2) is 0 Å². The first-order chi connectivity index (χ1) is 21.0. The highest BCUT2D eigenvalue weighted by Crippen LogP contribution is 2.38. The number of fused-ring (bicyclic) bond motifs is 1. The molecule has 2 saturated heterocycles. The van der Waals surface area contributed by atoms with Gasteiger partial charge in [0.1, 0.15) is 0 Å². The molecule has 4 fully saturated rings. The largest absolute Gasteiger partial charge is 0.393 e. The maximum absolute atomic E-state index is 13.5. The van der Waals surface area contributed by atoms with Crippen molar-refractivity contribution in [1.29, 1.82) is 5.26 Å². The fraction of sp³-hybridized carbons (Fsp3) is 0.935. The van der Waals surface area contributed by atoms with E-state index in [0.29, 0.717) is 58.2 Å². The number of halogens is 4. The maximum Gasteiger partial charge on any atom is 0.393 e. The first-order valence-electron chi connectivity index (χ1n) is 16.5. The van der Waals surface area contributed by atoms with E-state index < -0.39 is 18.1 Å². The lowest BCUT2D eigenvalue weighted by molar-refractivity contribution is -0.194. The smallest absolute Gasteiger partial charge is 0.377 e. The second-order valence-corrected chi connectivity index (χ2v) is 14.0. The lowest BCUT2D eigenvalue weighted by Gasteiger charge is -2.50. The van der Waals surface area contributed by atoms with Crippen LogP contribution < -0.4 is 21.3 Å². The molecular formula is C31H52ClF3N6O3. The molecule has 11 unspecified atom stereocenters. The number of piperidine rings is 2. The second kappa shape index (κ2) is 16.6. The average molecular weight is 649 g/mol. The lowest BCUT2D eigenvalue weighted by Crippen LogP contribution is -2.66. The molecular weight excluding hydrogens is 597 g/mol. The molecule has 0 bridgehead atoms. The van der Waals surface area contributed by atoms with Crippen LogP contribution in [0, 0.1) is 29.1 Å². The van der Waals surface area contributed by atoms with Crippen LogP contribution in [0.5, 0.6) is 0 Å². The van der Waals surface area contributed by atoms with Gasteiger partial charge in [0.25, 0.3) is 0 Å². The highest BCUT2D eigenvalue weighted by molar-refractivity contribution is 6.21. The summed E-state index contributed by atoms with van der Waals surface area (Å²) in [5.74, 6) is -1.52. The van der Waals surface area contributed by atoms with E-state index in [2.05, 4.69) is 32.2 Å². The number of carbonyl (C=O) groups excluding carboxylic acids is 1. The fourth-order valence-corrected chi connectivity index (χ4v) is 8.11. The van der Waals surface area contributed by atoms with Crippen molar-refractivity contribution in [2.45, 2.75) is 119 Å². The number of hydrogen-bond donors (Lipinski definition) is 4. The van der Waals surface area contributed by atoms with E-state index in [4.69, 9.17) is 21.1 Å². The Morgan fingerprint density at radius 3 is 2.59 bits per heavy atom.